The first-order chi connectivity index (χ1) is 9.75. The van der Waals surface area contributed by atoms with E-state index in [1.807, 2.05) is 13.8 Å². The van der Waals surface area contributed by atoms with Gasteiger partial charge < -0.3 is 5.11 Å². The van der Waals surface area contributed by atoms with Gasteiger partial charge in [0.05, 0.1) is 10.5 Å². The van der Waals surface area contributed by atoms with Gasteiger partial charge >= 0.3 is 5.97 Å². The van der Waals surface area contributed by atoms with Crippen LogP contribution in [0, 0.1) is 5.92 Å². The monoisotopic (exact) mass is 375 g/mol. The Bertz CT molecular complexity index is 659. The number of carboxylic acid groups (broad SMARTS) is 1. The number of rotatable bonds is 3. The number of carbonyl (C=O) groups is 1. The van der Waals surface area contributed by atoms with E-state index in [0.717, 1.165) is 12.8 Å². The Morgan fingerprint density at radius 2 is 2.05 bits per heavy atom. The van der Waals surface area contributed by atoms with Gasteiger partial charge in [-0.25, -0.2) is 13.2 Å². The van der Waals surface area contributed by atoms with E-state index in [4.69, 9.17) is 5.11 Å². The first kappa shape index (κ1) is 16.5. The van der Waals surface area contributed by atoms with E-state index in [-0.39, 0.29) is 22.4 Å². The summed E-state index contributed by atoms with van der Waals surface area (Å²) in [6.45, 7) is 4.41. The molecule has 1 aliphatic heterocycles. The number of nitrogens with zero attached hydrogens (tertiary/aromatic N) is 1. The van der Waals surface area contributed by atoms with Gasteiger partial charge in [-0.05, 0) is 59.8 Å². The maximum absolute atomic E-state index is 12.8. The van der Waals surface area contributed by atoms with Crippen LogP contribution in [-0.4, -0.2) is 36.4 Å². The van der Waals surface area contributed by atoms with Crippen LogP contribution in [0.3, 0.4) is 0 Å². The topological polar surface area (TPSA) is 74.7 Å². The molecule has 0 aromatic heterocycles. The van der Waals surface area contributed by atoms with Crippen molar-refractivity contribution in [1.29, 1.82) is 0 Å². The molecular weight excluding hydrogens is 358 g/mol. The second kappa shape index (κ2) is 6.06. The Kier molecular flexibility index (Phi) is 4.75. The van der Waals surface area contributed by atoms with Crippen LogP contribution in [0.2, 0.25) is 0 Å². The van der Waals surface area contributed by atoms with Crippen molar-refractivity contribution in [2.45, 2.75) is 37.6 Å². The number of sulfonamides is 1. The molecule has 1 N–H and O–H groups in total. The largest absolute Gasteiger partial charge is 0.478 e. The maximum Gasteiger partial charge on any atom is 0.335 e. The Labute approximate surface area is 133 Å². The molecule has 1 aliphatic rings. The summed E-state index contributed by atoms with van der Waals surface area (Å²) in [4.78, 5) is 11.1. The van der Waals surface area contributed by atoms with Crippen molar-refractivity contribution in [1.82, 2.24) is 4.31 Å². The number of carboxylic acids is 1. The lowest BCUT2D eigenvalue weighted by Crippen LogP contribution is -2.46. The predicted octanol–water partition coefficient (Wildman–Crippen LogP) is 2.96. The Hall–Kier alpha value is -0.920. The van der Waals surface area contributed by atoms with Crippen molar-refractivity contribution in [3.63, 3.8) is 0 Å². The maximum atomic E-state index is 12.8. The summed E-state index contributed by atoms with van der Waals surface area (Å²) in [7, 11) is -3.71. The summed E-state index contributed by atoms with van der Waals surface area (Å²) in [5.41, 5.74) is -0.0329. The third-order valence-electron chi connectivity index (χ3n) is 4.08. The Morgan fingerprint density at radius 3 is 2.67 bits per heavy atom. The zero-order valence-corrected chi connectivity index (χ0v) is 14.3. The van der Waals surface area contributed by atoms with Gasteiger partial charge in [-0.15, -0.1) is 0 Å². The highest BCUT2D eigenvalue weighted by Gasteiger charge is 2.35. The molecule has 21 heavy (non-hydrogen) atoms. The molecule has 1 aromatic carbocycles. The van der Waals surface area contributed by atoms with Gasteiger partial charge in [0, 0.05) is 17.1 Å². The average Bonchev–Trinajstić information content (AvgIpc) is 2.41. The zero-order chi connectivity index (χ0) is 15.8. The molecule has 0 spiro atoms. The summed E-state index contributed by atoms with van der Waals surface area (Å²) in [5.74, 6) is -0.853. The molecule has 116 valence electrons. The van der Waals surface area contributed by atoms with E-state index in [2.05, 4.69) is 15.9 Å². The van der Waals surface area contributed by atoms with Crippen molar-refractivity contribution < 1.29 is 18.3 Å². The van der Waals surface area contributed by atoms with Gasteiger partial charge in [0.15, 0.2) is 0 Å². The van der Waals surface area contributed by atoms with E-state index in [0.29, 0.717) is 11.0 Å². The van der Waals surface area contributed by atoms with E-state index in [9.17, 15) is 13.2 Å². The van der Waals surface area contributed by atoms with Crippen LogP contribution in [0.15, 0.2) is 27.6 Å². The normalized spacial score (nSPS) is 24.0. The summed E-state index contributed by atoms with van der Waals surface area (Å²) < 4.78 is 27.5. The zero-order valence-electron chi connectivity index (χ0n) is 11.9. The molecule has 1 heterocycles. The predicted molar refractivity (Wildman–Crippen MR) is 82.9 cm³/mol. The lowest BCUT2D eigenvalue weighted by atomic mass is 9.94. The molecule has 2 atom stereocenters. The van der Waals surface area contributed by atoms with E-state index >= 15 is 0 Å². The van der Waals surface area contributed by atoms with Crippen LogP contribution >= 0.6 is 15.9 Å². The second-order valence-electron chi connectivity index (χ2n) is 5.43. The van der Waals surface area contributed by atoms with E-state index < -0.39 is 16.0 Å². The Balaban J connectivity index is 2.48. The molecule has 5 nitrogen and oxygen atoms in total. The van der Waals surface area contributed by atoms with Crippen molar-refractivity contribution >= 4 is 31.9 Å². The molecular formula is C14H18BrNO4S. The Morgan fingerprint density at radius 1 is 1.38 bits per heavy atom. The van der Waals surface area contributed by atoms with Gasteiger partial charge in [0.1, 0.15) is 0 Å². The smallest absolute Gasteiger partial charge is 0.335 e. The summed E-state index contributed by atoms with van der Waals surface area (Å²) in [6, 6.07) is 3.97. The van der Waals surface area contributed by atoms with Crippen molar-refractivity contribution in [3.05, 3.63) is 28.2 Å². The number of hydrogen-bond donors (Lipinski definition) is 1. The SMILES string of the molecule is CC1CCCN(S(=O)(=O)c2cc(C(=O)O)ccc2Br)C1C. The number of aromatic carboxylic acids is 1. The van der Waals surface area contributed by atoms with E-state index in [1.54, 1.807) is 0 Å². The number of hydrogen-bond acceptors (Lipinski definition) is 3. The molecule has 7 heteroatoms. The van der Waals surface area contributed by atoms with Crippen LogP contribution < -0.4 is 0 Å². The molecule has 1 saturated heterocycles. The summed E-state index contributed by atoms with van der Waals surface area (Å²) in [6.07, 6.45) is 1.82. The second-order valence-corrected chi connectivity index (χ2v) is 8.14. The first-order valence-corrected chi connectivity index (χ1v) is 9.03. The molecule has 0 bridgehead atoms. The highest BCUT2D eigenvalue weighted by atomic mass is 79.9. The quantitative estimate of drug-likeness (QED) is 0.880. The number of benzene rings is 1. The molecule has 0 amide bonds. The van der Waals surface area contributed by atoms with Crippen LogP contribution in [-0.2, 0) is 10.0 Å². The fourth-order valence-corrected chi connectivity index (χ4v) is 5.32. The van der Waals surface area contributed by atoms with Gasteiger partial charge in [-0.2, -0.15) is 4.31 Å². The minimum absolute atomic E-state index is 0.0170. The molecule has 2 rings (SSSR count). The van der Waals surface area contributed by atoms with E-state index in [1.165, 1.54) is 22.5 Å². The lowest BCUT2D eigenvalue weighted by Gasteiger charge is -2.37. The fraction of sp³-hybridized carbons (Fsp3) is 0.500. The van der Waals surface area contributed by atoms with Crippen molar-refractivity contribution in [2.75, 3.05) is 6.54 Å². The van der Waals surface area contributed by atoms with Gasteiger partial charge in [-0.3, -0.25) is 0 Å². The number of halogens is 1. The highest BCUT2D eigenvalue weighted by Crippen LogP contribution is 2.32. The molecule has 0 saturated carbocycles. The minimum atomic E-state index is -3.71. The van der Waals surface area contributed by atoms with Gasteiger partial charge in [0.2, 0.25) is 10.0 Å². The van der Waals surface area contributed by atoms with Crippen LogP contribution in [0.1, 0.15) is 37.0 Å². The molecule has 1 fully saturated rings. The van der Waals surface area contributed by atoms with Crippen LogP contribution in [0.25, 0.3) is 0 Å². The number of piperidine rings is 1. The summed E-state index contributed by atoms with van der Waals surface area (Å²) >= 11 is 3.22. The van der Waals surface area contributed by atoms with Gasteiger partial charge in [-0.1, -0.05) is 6.92 Å². The average molecular weight is 376 g/mol. The first-order valence-electron chi connectivity index (χ1n) is 6.80. The minimum Gasteiger partial charge on any atom is -0.478 e. The fourth-order valence-electron chi connectivity index (χ4n) is 2.60. The highest BCUT2D eigenvalue weighted by molar-refractivity contribution is 9.10. The van der Waals surface area contributed by atoms with Crippen molar-refractivity contribution in [2.24, 2.45) is 5.92 Å². The van der Waals surface area contributed by atoms with Crippen molar-refractivity contribution in [3.8, 4) is 0 Å². The summed E-state index contributed by atoms with van der Waals surface area (Å²) in [5, 5.41) is 9.05. The molecule has 0 radical (unpaired) electrons. The van der Waals surface area contributed by atoms with Gasteiger partial charge in [0.25, 0.3) is 0 Å². The third-order valence-corrected chi connectivity index (χ3v) is 7.06. The van der Waals surface area contributed by atoms with Crippen LogP contribution in [0.5, 0.6) is 0 Å². The molecule has 0 aliphatic carbocycles. The molecule has 1 aromatic rings. The standard InChI is InChI=1S/C14H18BrNO4S/c1-9-4-3-7-16(10(9)2)21(19,20)13-8-11(14(17)18)5-6-12(13)15/h5-6,8-10H,3-4,7H2,1-2H3,(H,17,18). The van der Waals surface area contributed by atoms with Crippen LogP contribution in [0.4, 0.5) is 0 Å². The third kappa shape index (κ3) is 3.14. The lowest BCUT2D eigenvalue weighted by molar-refractivity contribution is 0.0696. The molecule has 2 unspecified atom stereocenters.